The van der Waals surface area contributed by atoms with E-state index in [4.69, 9.17) is 0 Å². The van der Waals surface area contributed by atoms with E-state index in [-0.39, 0.29) is 0 Å². The van der Waals surface area contributed by atoms with Crippen molar-refractivity contribution >= 4 is 49.6 Å². The third kappa shape index (κ3) is 13.3. The van der Waals surface area contributed by atoms with E-state index in [2.05, 4.69) is 88.9 Å². The van der Waals surface area contributed by atoms with Gasteiger partial charge in [0.05, 0.1) is 44.5 Å². The first-order valence-corrected chi connectivity index (χ1v) is 22.9. The Kier molecular flexibility index (Phi) is 15.7. The Morgan fingerprint density at radius 3 is 0.861 bits per heavy atom. The quantitative estimate of drug-likeness (QED) is 0.0851. The van der Waals surface area contributed by atoms with E-state index in [1.165, 1.54) is 26.9 Å². The van der Waals surface area contributed by atoms with Crippen LogP contribution in [0.1, 0.15) is 50.1 Å². The van der Waals surface area contributed by atoms with E-state index in [0.29, 0.717) is 0 Å². The summed E-state index contributed by atoms with van der Waals surface area (Å²) in [6, 6.07) is 19.1. The number of fused-ring (bicyclic) bond motifs is 1. The minimum Gasteiger partial charge on any atom is -0.194 e. The minimum atomic E-state index is -6.13. The lowest BCUT2D eigenvalue weighted by Gasteiger charge is -2.46. The van der Waals surface area contributed by atoms with E-state index in [0.717, 1.165) is 6.54 Å². The van der Waals surface area contributed by atoms with Gasteiger partial charge in [-0.3, -0.25) is 0 Å². The fraction of sp³-hybridized carbons (Fsp3) is 0.173. The first-order valence-electron chi connectivity index (χ1n) is 22.0. The predicted octanol–water partition coefficient (Wildman–Crippen LogP) is 16.1. The summed E-state index contributed by atoms with van der Waals surface area (Å²) >= 11 is 1.80. The Labute approximate surface area is 432 Å². The van der Waals surface area contributed by atoms with Crippen LogP contribution in [0.15, 0.2) is 157 Å². The number of nitrogens with zero attached hydrogens (tertiary/aromatic N) is 1. The maximum absolute atomic E-state index is 14.2. The van der Waals surface area contributed by atoms with E-state index in [1.807, 2.05) is 0 Å². The Morgan fingerprint density at radius 2 is 0.582 bits per heavy atom. The standard InChI is InChI=1S/C32H12BF24.C20H16NS/c34-25(35,36)13-1-14(26(37,38)39)6-21(5-13)33(22-7-15(27(40,41)42)2-16(8-22)28(43,44)45,23-9-17(29(46,47)48)3-18(10-23)30(49,50)51)24-11-19(31(52,53)54)4-20(12-24)32(55,56)57;1-3-7-16(8-4-1)14-21-15-22-20-12-11-18(13-19(20)21)17-9-5-2-6-10-17/h1-12H;1-13,15H,14H2/q-1;+1. The molecule has 27 heteroatoms. The van der Waals surface area contributed by atoms with Gasteiger partial charge in [-0.25, -0.2) is 0 Å². The number of alkyl halides is 24. The first kappa shape index (κ1) is 59.5. The van der Waals surface area contributed by atoms with Crippen LogP contribution in [0.3, 0.4) is 0 Å². The number of thiazole rings is 1. The Balaban J connectivity index is 0.000000336. The van der Waals surface area contributed by atoms with Crippen molar-refractivity contribution in [2.45, 2.75) is 56.0 Å². The van der Waals surface area contributed by atoms with Gasteiger partial charge >= 0.3 is 49.4 Å². The third-order valence-electron chi connectivity index (χ3n) is 12.3. The van der Waals surface area contributed by atoms with Crippen molar-refractivity contribution in [2.75, 3.05) is 0 Å². The molecule has 1 heterocycles. The topological polar surface area (TPSA) is 3.88 Å². The molecular formula is C52H28BF24NS. The summed E-state index contributed by atoms with van der Waals surface area (Å²) in [6.07, 6.45) is -54.8. The van der Waals surface area contributed by atoms with Crippen LogP contribution in [0.25, 0.3) is 21.3 Å². The summed E-state index contributed by atoms with van der Waals surface area (Å²) in [7, 11) is 0. The van der Waals surface area contributed by atoms with E-state index in [1.54, 1.807) is 11.3 Å². The molecule has 418 valence electrons. The fourth-order valence-corrected chi connectivity index (χ4v) is 9.67. The predicted molar refractivity (Wildman–Crippen MR) is 243 cm³/mol. The van der Waals surface area contributed by atoms with Crippen molar-refractivity contribution in [2.24, 2.45) is 0 Å². The number of benzene rings is 7. The van der Waals surface area contributed by atoms with Gasteiger partial charge in [-0.1, -0.05) is 127 Å². The zero-order valence-corrected chi connectivity index (χ0v) is 39.5. The molecule has 8 rings (SSSR count). The maximum Gasteiger partial charge on any atom is 0.416 e. The van der Waals surface area contributed by atoms with Crippen LogP contribution in [0.5, 0.6) is 0 Å². The van der Waals surface area contributed by atoms with Crippen molar-refractivity contribution in [3.8, 4) is 11.1 Å². The average molecular weight is 1170 g/mol. The van der Waals surface area contributed by atoms with Gasteiger partial charge in [0.25, 0.3) is 0 Å². The maximum atomic E-state index is 14.2. The van der Waals surface area contributed by atoms with Gasteiger partial charge in [-0.05, 0) is 41.5 Å². The number of hydrogen-bond acceptors (Lipinski definition) is 1. The van der Waals surface area contributed by atoms with Gasteiger partial charge in [-0.2, -0.15) is 132 Å². The van der Waals surface area contributed by atoms with Crippen LogP contribution in [0, 0.1) is 0 Å². The minimum absolute atomic E-state index is 0.691. The molecule has 7 aromatic carbocycles. The second-order valence-corrected chi connectivity index (χ2v) is 18.5. The molecule has 1 aromatic heterocycles. The normalized spacial score (nSPS) is 13.4. The van der Waals surface area contributed by atoms with Crippen LogP contribution >= 0.6 is 11.3 Å². The van der Waals surface area contributed by atoms with Crippen LogP contribution < -0.4 is 26.4 Å². The second kappa shape index (κ2) is 20.8. The van der Waals surface area contributed by atoms with Crippen molar-refractivity contribution in [3.05, 3.63) is 207 Å². The molecule has 79 heavy (non-hydrogen) atoms. The largest absolute Gasteiger partial charge is 0.416 e. The number of hydrogen-bond donors (Lipinski definition) is 0. The highest BCUT2D eigenvalue weighted by Crippen LogP contribution is 2.42. The van der Waals surface area contributed by atoms with Crippen molar-refractivity contribution in [1.82, 2.24) is 0 Å². The van der Waals surface area contributed by atoms with Crippen LogP contribution in [-0.2, 0) is 56.0 Å². The van der Waals surface area contributed by atoms with Gasteiger partial charge in [-0.15, -0.1) is 0 Å². The highest BCUT2D eigenvalue weighted by molar-refractivity contribution is 7.20. The lowest BCUT2D eigenvalue weighted by Crippen LogP contribution is -2.75. The summed E-state index contributed by atoms with van der Waals surface area (Å²) in [4.78, 5) is 0. The second-order valence-electron chi connectivity index (χ2n) is 17.6. The van der Waals surface area contributed by atoms with Crippen LogP contribution in [0.2, 0.25) is 0 Å². The molecular weight excluding hydrogens is 1140 g/mol. The molecule has 0 unspecified atom stereocenters. The Hall–Kier alpha value is -7.19. The molecule has 0 aliphatic rings. The van der Waals surface area contributed by atoms with Crippen LogP contribution in [0.4, 0.5) is 105 Å². The highest BCUT2D eigenvalue weighted by Gasteiger charge is 2.47. The Bertz CT molecular complexity index is 3030. The molecule has 0 amide bonds. The molecule has 0 saturated carbocycles. The van der Waals surface area contributed by atoms with E-state index < -0.39 is 195 Å². The number of halogens is 24. The molecule has 0 aliphatic carbocycles. The number of aromatic nitrogens is 1. The summed E-state index contributed by atoms with van der Waals surface area (Å²) < 4.78 is 344. The molecule has 0 saturated heterocycles. The van der Waals surface area contributed by atoms with E-state index in [9.17, 15) is 105 Å². The smallest absolute Gasteiger partial charge is 0.194 e. The zero-order chi connectivity index (χ0) is 58.7. The molecule has 0 spiro atoms. The van der Waals surface area contributed by atoms with Gasteiger partial charge in [0.2, 0.25) is 11.0 Å². The van der Waals surface area contributed by atoms with Crippen LogP contribution in [-0.4, -0.2) is 6.15 Å². The van der Waals surface area contributed by atoms with E-state index >= 15 is 0 Å². The molecule has 0 aliphatic heterocycles. The lowest BCUT2D eigenvalue weighted by atomic mass is 9.12. The van der Waals surface area contributed by atoms with Gasteiger partial charge in [0.15, 0.2) is 6.54 Å². The SMILES string of the molecule is FC(F)(F)c1cc([B-](c2cc(C(F)(F)F)cc(C(F)(F)F)c2)(c2cc(C(F)(F)F)cc(C(F)(F)F)c2)c2cc(C(F)(F)F)cc(C(F)(F)F)c2)cc(C(F)(F)F)c1.c1ccc(C[n+]2csc3ccc(-c4ccccc4)cc32)cc1. The molecule has 0 N–H and O–H groups in total. The van der Waals surface area contributed by atoms with Gasteiger partial charge < -0.3 is 0 Å². The van der Waals surface area contributed by atoms with Crippen molar-refractivity contribution in [1.29, 1.82) is 0 Å². The molecule has 0 atom stereocenters. The summed E-state index contributed by atoms with van der Waals surface area (Å²) in [5.41, 5.74) is -22.8. The molecule has 0 radical (unpaired) electrons. The Morgan fingerprint density at radius 1 is 0.304 bits per heavy atom. The van der Waals surface area contributed by atoms with Gasteiger partial charge in [0, 0.05) is 11.6 Å². The summed E-state index contributed by atoms with van der Waals surface area (Å²) in [6.45, 7) is 0.916. The summed E-state index contributed by atoms with van der Waals surface area (Å²) in [5.74, 6) is 0. The molecule has 0 fully saturated rings. The highest BCUT2D eigenvalue weighted by atomic mass is 32.1. The lowest BCUT2D eigenvalue weighted by molar-refractivity contribution is -0.658. The third-order valence-corrected chi connectivity index (χ3v) is 13.3. The molecule has 8 aromatic rings. The zero-order valence-electron chi connectivity index (χ0n) is 38.7. The summed E-state index contributed by atoms with van der Waals surface area (Å²) in [5, 5.41) is 0. The molecule has 1 nitrogen and oxygen atoms in total. The average Bonchev–Trinajstić information content (AvgIpc) is 3.94. The monoisotopic (exact) mass is 1170 g/mol. The van der Waals surface area contributed by atoms with Crippen molar-refractivity contribution in [3.63, 3.8) is 0 Å². The number of rotatable bonds is 7. The first-order chi connectivity index (χ1) is 36.2. The van der Waals surface area contributed by atoms with Crippen molar-refractivity contribution < 1.29 is 110 Å². The van der Waals surface area contributed by atoms with Gasteiger partial charge in [0.1, 0.15) is 10.8 Å². The molecule has 0 bridgehead atoms. The fourth-order valence-electron chi connectivity index (χ4n) is 8.80.